The van der Waals surface area contributed by atoms with Crippen molar-refractivity contribution >= 4 is 22.6 Å². The Bertz CT molecular complexity index is 294. The zero-order valence-electron chi connectivity index (χ0n) is 7.18. The molecule has 1 unspecified atom stereocenters. The maximum atomic E-state index is 4.41. The summed E-state index contributed by atoms with van der Waals surface area (Å²) in [6, 6.07) is 4.26. The molecule has 12 heavy (non-hydrogen) atoms. The van der Waals surface area contributed by atoms with Crippen LogP contribution in [0.1, 0.15) is 31.0 Å². The van der Waals surface area contributed by atoms with Crippen molar-refractivity contribution in [1.29, 1.82) is 0 Å². The van der Waals surface area contributed by atoms with Crippen molar-refractivity contribution in [3.05, 3.63) is 29.6 Å². The van der Waals surface area contributed by atoms with Crippen LogP contribution in [0.4, 0.5) is 0 Å². The molecule has 2 rings (SSSR count). The molecule has 64 valence electrons. The zero-order chi connectivity index (χ0) is 8.60. The highest BCUT2D eigenvalue weighted by atomic mass is 127. The first-order valence-electron chi connectivity index (χ1n) is 4.33. The molecule has 0 N–H and O–H groups in total. The van der Waals surface area contributed by atoms with Crippen molar-refractivity contribution < 1.29 is 0 Å². The van der Waals surface area contributed by atoms with Gasteiger partial charge in [-0.3, -0.25) is 4.98 Å². The van der Waals surface area contributed by atoms with E-state index in [0.29, 0.717) is 3.42 Å². The lowest BCUT2D eigenvalue weighted by Gasteiger charge is -2.29. The smallest absolute Gasteiger partial charge is 0.0460 e. The minimum atomic E-state index is 0.319. The van der Waals surface area contributed by atoms with Gasteiger partial charge in [0.15, 0.2) is 0 Å². The highest BCUT2D eigenvalue weighted by Gasteiger charge is 2.29. The van der Waals surface area contributed by atoms with Gasteiger partial charge in [0.2, 0.25) is 0 Å². The number of halogens is 1. The van der Waals surface area contributed by atoms with Crippen LogP contribution in [0.25, 0.3) is 0 Å². The predicted molar refractivity (Wildman–Crippen MR) is 58.5 cm³/mol. The summed E-state index contributed by atoms with van der Waals surface area (Å²) in [6.07, 6.45) is 5.63. The summed E-state index contributed by atoms with van der Waals surface area (Å²) in [6.45, 7) is 2.30. The summed E-state index contributed by atoms with van der Waals surface area (Å²) < 4.78 is 0.319. The van der Waals surface area contributed by atoms with Gasteiger partial charge < -0.3 is 0 Å². The van der Waals surface area contributed by atoms with Crippen molar-refractivity contribution in [2.75, 3.05) is 0 Å². The minimum Gasteiger partial charge on any atom is -0.261 e. The molecule has 0 fully saturated rings. The second kappa shape index (κ2) is 2.98. The Morgan fingerprint density at radius 1 is 1.58 bits per heavy atom. The van der Waals surface area contributed by atoms with Gasteiger partial charge in [0, 0.05) is 15.3 Å². The summed E-state index contributed by atoms with van der Waals surface area (Å²) >= 11 is 2.54. The van der Waals surface area contributed by atoms with Crippen molar-refractivity contribution in [2.45, 2.75) is 29.6 Å². The van der Waals surface area contributed by atoms with Crippen molar-refractivity contribution in [3.63, 3.8) is 0 Å². The summed E-state index contributed by atoms with van der Waals surface area (Å²) in [5.41, 5.74) is 2.75. The maximum absolute atomic E-state index is 4.41. The monoisotopic (exact) mass is 273 g/mol. The lowest BCUT2D eigenvalue weighted by molar-refractivity contribution is 0.558. The van der Waals surface area contributed by atoms with E-state index in [9.17, 15) is 0 Å². The number of fused-ring (bicyclic) bond motifs is 1. The quantitative estimate of drug-likeness (QED) is 0.523. The van der Waals surface area contributed by atoms with Gasteiger partial charge in [-0.25, -0.2) is 0 Å². The number of alkyl halides is 1. The van der Waals surface area contributed by atoms with Crippen LogP contribution in [0.5, 0.6) is 0 Å². The Morgan fingerprint density at radius 3 is 3.17 bits per heavy atom. The second-order valence-electron chi connectivity index (χ2n) is 3.55. The average Bonchev–Trinajstić information content (AvgIpc) is 2.04. The van der Waals surface area contributed by atoms with E-state index in [4.69, 9.17) is 0 Å². The van der Waals surface area contributed by atoms with Gasteiger partial charge in [0.25, 0.3) is 0 Å². The highest BCUT2D eigenvalue weighted by molar-refractivity contribution is 14.1. The number of aryl methyl sites for hydroxylation is 1. The molecule has 0 amide bonds. The van der Waals surface area contributed by atoms with Crippen molar-refractivity contribution in [2.24, 2.45) is 0 Å². The first-order chi connectivity index (χ1) is 5.70. The van der Waals surface area contributed by atoms with Crippen LogP contribution in [-0.4, -0.2) is 4.98 Å². The van der Waals surface area contributed by atoms with Crippen LogP contribution in [0, 0.1) is 0 Å². The molecule has 0 saturated heterocycles. The summed E-state index contributed by atoms with van der Waals surface area (Å²) in [5.74, 6) is 0. The van der Waals surface area contributed by atoms with E-state index in [1.807, 2.05) is 12.3 Å². The number of aromatic nitrogens is 1. The molecule has 0 aromatic carbocycles. The predicted octanol–water partition coefficient (Wildman–Crippen LogP) is 3.07. The fourth-order valence-corrected chi connectivity index (χ4v) is 2.71. The molecule has 1 nitrogen and oxygen atoms in total. The lowest BCUT2D eigenvalue weighted by Crippen LogP contribution is -2.21. The SMILES string of the molecule is CC1(I)CCCc2ncccc21. The molecular formula is C10H12IN. The van der Waals surface area contributed by atoms with Crippen LogP contribution in [-0.2, 0) is 9.84 Å². The molecular weight excluding hydrogens is 261 g/mol. The molecule has 0 aliphatic heterocycles. The third kappa shape index (κ3) is 1.37. The molecule has 1 atom stereocenters. The molecule has 0 spiro atoms. The number of rotatable bonds is 0. The number of hydrogen-bond donors (Lipinski definition) is 0. The average molecular weight is 273 g/mol. The van der Waals surface area contributed by atoms with Crippen LogP contribution in [0.3, 0.4) is 0 Å². The van der Waals surface area contributed by atoms with E-state index < -0.39 is 0 Å². The van der Waals surface area contributed by atoms with E-state index >= 15 is 0 Å². The second-order valence-corrected chi connectivity index (χ2v) is 5.93. The summed E-state index contributed by atoms with van der Waals surface area (Å²) in [5, 5.41) is 0. The van der Waals surface area contributed by atoms with Crippen LogP contribution >= 0.6 is 22.6 Å². The third-order valence-corrected chi connectivity index (χ3v) is 3.63. The Balaban J connectivity index is 2.52. The number of pyridine rings is 1. The highest BCUT2D eigenvalue weighted by Crippen LogP contribution is 2.41. The van der Waals surface area contributed by atoms with Gasteiger partial charge in [0.1, 0.15) is 0 Å². The van der Waals surface area contributed by atoms with E-state index in [-0.39, 0.29) is 0 Å². The molecule has 1 aliphatic carbocycles. The molecule has 1 heterocycles. The molecule has 1 aromatic rings. The standard InChI is InChI=1S/C10H12IN/c1-10(11)6-2-5-9-8(10)4-3-7-12-9/h3-4,7H,2,5-6H2,1H3. The Morgan fingerprint density at radius 2 is 2.42 bits per heavy atom. The zero-order valence-corrected chi connectivity index (χ0v) is 9.34. The first-order valence-corrected chi connectivity index (χ1v) is 5.41. The van der Waals surface area contributed by atoms with Crippen LogP contribution < -0.4 is 0 Å². The number of hydrogen-bond acceptors (Lipinski definition) is 1. The molecule has 0 bridgehead atoms. The Kier molecular flexibility index (Phi) is 2.10. The van der Waals surface area contributed by atoms with Crippen molar-refractivity contribution in [1.82, 2.24) is 4.98 Å². The molecule has 1 aliphatic rings. The van der Waals surface area contributed by atoms with Gasteiger partial charge in [0.05, 0.1) is 0 Å². The molecule has 0 radical (unpaired) electrons. The van der Waals surface area contributed by atoms with Crippen LogP contribution in [0.2, 0.25) is 0 Å². The van der Waals surface area contributed by atoms with E-state index in [2.05, 4.69) is 40.6 Å². The molecule has 1 aromatic heterocycles. The fraction of sp³-hybridized carbons (Fsp3) is 0.500. The molecule has 2 heteroatoms. The van der Waals surface area contributed by atoms with Gasteiger partial charge in [-0.2, -0.15) is 0 Å². The fourth-order valence-electron chi connectivity index (χ4n) is 1.83. The third-order valence-electron chi connectivity index (χ3n) is 2.51. The lowest BCUT2D eigenvalue weighted by atomic mass is 9.87. The van der Waals surface area contributed by atoms with Gasteiger partial charge in [-0.1, -0.05) is 28.7 Å². The summed E-state index contributed by atoms with van der Waals surface area (Å²) in [7, 11) is 0. The molecule has 0 saturated carbocycles. The number of nitrogens with zero attached hydrogens (tertiary/aromatic N) is 1. The normalized spacial score (nSPS) is 28.2. The summed E-state index contributed by atoms with van der Waals surface area (Å²) in [4.78, 5) is 4.41. The van der Waals surface area contributed by atoms with E-state index in [0.717, 1.165) is 6.42 Å². The minimum absolute atomic E-state index is 0.319. The van der Waals surface area contributed by atoms with E-state index in [1.165, 1.54) is 24.1 Å². The largest absolute Gasteiger partial charge is 0.261 e. The first kappa shape index (κ1) is 8.48. The van der Waals surface area contributed by atoms with Gasteiger partial charge >= 0.3 is 0 Å². The van der Waals surface area contributed by atoms with Crippen LogP contribution in [0.15, 0.2) is 18.3 Å². The van der Waals surface area contributed by atoms with Crippen molar-refractivity contribution in [3.8, 4) is 0 Å². The van der Waals surface area contributed by atoms with E-state index in [1.54, 1.807) is 0 Å². The Labute approximate surface area is 86.7 Å². The maximum Gasteiger partial charge on any atom is 0.0460 e. The topological polar surface area (TPSA) is 12.9 Å². The van der Waals surface area contributed by atoms with Gasteiger partial charge in [-0.05, 0) is 37.8 Å². The Hall–Kier alpha value is -0.120. The van der Waals surface area contributed by atoms with Gasteiger partial charge in [-0.15, -0.1) is 0 Å².